The van der Waals surface area contributed by atoms with Crippen LogP contribution in [0.15, 0.2) is 36.8 Å². The zero-order chi connectivity index (χ0) is 18.7. The Hall–Kier alpha value is -2.25. The number of aromatic nitrogens is 3. The lowest BCUT2D eigenvalue weighted by molar-refractivity contribution is -0.0159. The Bertz CT molecular complexity index is 751. The number of rotatable bonds is 6. The minimum absolute atomic E-state index is 0.218. The third-order valence-corrected chi connectivity index (χ3v) is 5.81. The van der Waals surface area contributed by atoms with Crippen LogP contribution in [-0.4, -0.2) is 65.8 Å². The van der Waals surface area contributed by atoms with Crippen LogP contribution >= 0.6 is 0 Å². The first kappa shape index (κ1) is 18.1. The van der Waals surface area contributed by atoms with Crippen molar-refractivity contribution in [1.82, 2.24) is 19.9 Å². The van der Waals surface area contributed by atoms with Crippen LogP contribution in [0.25, 0.3) is 0 Å². The number of ether oxygens (including phenoxy) is 2. The molecule has 7 heteroatoms. The molecule has 0 radical (unpaired) electrons. The average molecular weight is 369 g/mol. The topological polar surface area (TPSA) is 63.6 Å². The van der Waals surface area contributed by atoms with Crippen molar-refractivity contribution in [3.05, 3.63) is 42.5 Å². The van der Waals surface area contributed by atoms with Gasteiger partial charge in [0.2, 0.25) is 5.88 Å². The Kier molecular flexibility index (Phi) is 5.22. The first-order valence-electron chi connectivity index (χ1n) is 9.48. The van der Waals surface area contributed by atoms with Gasteiger partial charge >= 0.3 is 0 Å². The Labute approximate surface area is 160 Å². The van der Waals surface area contributed by atoms with Crippen molar-refractivity contribution in [2.45, 2.75) is 25.0 Å². The molecule has 4 rings (SSSR count). The third kappa shape index (κ3) is 3.89. The highest BCUT2D eigenvalue weighted by atomic mass is 16.5. The van der Waals surface area contributed by atoms with Crippen molar-refractivity contribution in [2.24, 2.45) is 5.92 Å². The summed E-state index contributed by atoms with van der Waals surface area (Å²) >= 11 is 0. The molecule has 0 amide bonds. The van der Waals surface area contributed by atoms with Crippen molar-refractivity contribution >= 4 is 5.82 Å². The van der Waals surface area contributed by atoms with Gasteiger partial charge in [0.1, 0.15) is 12.1 Å². The number of pyridine rings is 1. The van der Waals surface area contributed by atoms with E-state index in [2.05, 4.69) is 31.8 Å². The van der Waals surface area contributed by atoms with E-state index in [1.54, 1.807) is 13.4 Å². The maximum atomic E-state index is 5.97. The van der Waals surface area contributed by atoms with Crippen LogP contribution in [-0.2, 0) is 11.3 Å². The average Bonchev–Trinajstić information content (AvgIpc) is 2.68. The predicted octanol–water partition coefficient (Wildman–Crippen LogP) is 2.00. The second-order valence-corrected chi connectivity index (χ2v) is 7.62. The van der Waals surface area contributed by atoms with E-state index in [9.17, 15) is 0 Å². The first-order valence-corrected chi connectivity index (χ1v) is 9.48. The minimum atomic E-state index is 0.218. The van der Waals surface area contributed by atoms with Gasteiger partial charge in [0.05, 0.1) is 31.6 Å². The maximum absolute atomic E-state index is 5.97. The molecule has 0 saturated carbocycles. The highest BCUT2D eigenvalue weighted by molar-refractivity contribution is 5.46. The number of methoxy groups -OCH3 is 1. The van der Waals surface area contributed by atoms with Gasteiger partial charge in [-0.25, -0.2) is 9.97 Å². The molecule has 2 fully saturated rings. The van der Waals surface area contributed by atoms with E-state index in [1.807, 2.05) is 30.5 Å². The molecule has 0 unspecified atom stereocenters. The van der Waals surface area contributed by atoms with E-state index in [0.29, 0.717) is 18.4 Å². The van der Waals surface area contributed by atoms with E-state index in [4.69, 9.17) is 9.47 Å². The molecule has 2 aromatic rings. The van der Waals surface area contributed by atoms with Gasteiger partial charge in [-0.1, -0.05) is 6.07 Å². The molecule has 1 atom stereocenters. The SMILES string of the molecule is COc1cc(N2CC3(C[C@@H](COCc4ccccn4)CCN3C)C2)ncn1. The fraction of sp³-hybridized carbons (Fsp3) is 0.550. The molecule has 144 valence electrons. The number of hydrogen-bond acceptors (Lipinski definition) is 7. The monoisotopic (exact) mass is 369 g/mol. The molecule has 7 nitrogen and oxygen atoms in total. The van der Waals surface area contributed by atoms with E-state index >= 15 is 0 Å². The van der Waals surface area contributed by atoms with E-state index in [1.165, 1.54) is 6.42 Å². The summed E-state index contributed by atoms with van der Waals surface area (Å²) < 4.78 is 11.2. The second kappa shape index (κ2) is 7.78. The highest BCUT2D eigenvalue weighted by Crippen LogP contribution is 2.40. The summed E-state index contributed by atoms with van der Waals surface area (Å²) in [5.41, 5.74) is 1.21. The summed E-state index contributed by atoms with van der Waals surface area (Å²) in [6.45, 7) is 4.47. The van der Waals surface area contributed by atoms with Crippen molar-refractivity contribution in [3.8, 4) is 5.88 Å². The van der Waals surface area contributed by atoms with Gasteiger partial charge in [-0.05, 0) is 44.5 Å². The largest absolute Gasteiger partial charge is 0.481 e. The summed E-state index contributed by atoms with van der Waals surface area (Å²) in [7, 11) is 3.87. The van der Waals surface area contributed by atoms with Crippen LogP contribution < -0.4 is 9.64 Å². The maximum Gasteiger partial charge on any atom is 0.218 e. The summed E-state index contributed by atoms with van der Waals surface area (Å²) in [5.74, 6) is 2.14. The number of anilines is 1. The Morgan fingerprint density at radius 3 is 2.89 bits per heavy atom. The predicted molar refractivity (Wildman–Crippen MR) is 103 cm³/mol. The zero-order valence-electron chi connectivity index (χ0n) is 16.0. The highest BCUT2D eigenvalue weighted by Gasteiger charge is 2.49. The molecule has 2 aliphatic rings. The van der Waals surface area contributed by atoms with Crippen molar-refractivity contribution < 1.29 is 9.47 Å². The van der Waals surface area contributed by atoms with Crippen LogP contribution in [0.2, 0.25) is 0 Å². The second-order valence-electron chi connectivity index (χ2n) is 7.62. The molecular formula is C20H27N5O2. The van der Waals surface area contributed by atoms with Gasteiger partial charge in [-0.15, -0.1) is 0 Å². The van der Waals surface area contributed by atoms with Gasteiger partial charge in [0.15, 0.2) is 0 Å². The molecule has 0 aromatic carbocycles. The minimum Gasteiger partial charge on any atom is -0.481 e. The zero-order valence-corrected chi connectivity index (χ0v) is 16.0. The normalized spacial score (nSPS) is 21.9. The van der Waals surface area contributed by atoms with Crippen LogP contribution in [0, 0.1) is 5.92 Å². The van der Waals surface area contributed by atoms with Crippen molar-refractivity contribution in [3.63, 3.8) is 0 Å². The molecule has 0 N–H and O–H groups in total. The summed E-state index contributed by atoms with van der Waals surface area (Å²) in [6, 6.07) is 7.85. The van der Waals surface area contributed by atoms with Gasteiger partial charge in [0, 0.05) is 25.4 Å². The molecule has 4 heterocycles. The number of likely N-dealkylation sites (N-methyl/N-ethyl adjacent to an activating group) is 1. The molecule has 0 aliphatic carbocycles. The lowest BCUT2D eigenvalue weighted by Gasteiger charge is -2.59. The third-order valence-electron chi connectivity index (χ3n) is 5.81. The van der Waals surface area contributed by atoms with Crippen molar-refractivity contribution in [2.75, 3.05) is 45.3 Å². The Morgan fingerprint density at radius 2 is 2.11 bits per heavy atom. The summed E-state index contributed by atoms with van der Waals surface area (Å²) in [4.78, 5) is 17.6. The lowest BCUT2D eigenvalue weighted by atomic mass is 9.75. The molecule has 2 aliphatic heterocycles. The van der Waals surface area contributed by atoms with Gasteiger partial charge in [0.25, 0.3) is 0 Å². The summed E-state index contributed by atoms with van der Waals surface area (Å²) in [5, 5.41) is 0. The fourth-order valence-corrected chi connectivity index (χ4v) is 4.18. The van der Waals surface area contributed by atoms with E-state index in [-0.39, 0.29) is 5.54 Å². The van der Waals surface area contributed by atoms with Crippen LogP contribution in [0.3, 0.4) is 0 Å². The van der Waals surface area contributed by atoms with Crippen molar-refractivity contribution in [1.29, 1.82) is 0 Å². The number of hydrogen-bond donors (Lipinski definition) is 0. The Morgan fingerprint density at radius 1 is 1.22 bits per heavy atom. The number of likely N-dealkylation sites (tertiary alicyclic amines) is 1. The van der Waals surface area contributed by atoms with E-state index in [0.717, 1.165) is 44.2 Å². The lowest BCUT2D eigenvalue weighted by Crippen LogP contribution is -2.72. The molecule has 0 bridgehead atoms. The van der Waals surface area contributed by atoms with E-state index < -0.39 is 0 Å². The van der Waals surface area contributed by atoms with Crippen LogP contribution in [0.1, 0.15) is 18.5 Å². The number of piperidine rings is 1. The summed E-state index contributed by atoms with van der Waals surface area (Å²) in [6.07, 6.45) is 5.72. The molecular weight excluding hydrogens is 342 g/mol. The molecule has 27 heavy (non-hydrogen) atoms. The molecule has 2 aromatic heterocycles. The standard InChI is InChI=1S/C20H27N5O2/c1-24-8-6-16(11-27-12-17-5-3-4-7-21-17)10-20(24)13-25(14-20)18-9-19(26-2)23-15-22-18/h3-5,7,9,15-16H,6,8,10-14H2,1-2H3/t16-/m0/s1. The smallest absolute Gasteiger partial charge is 0.218 e. The first-order chi connectivity index (χ1) is 13.2. The van der Waals surface area contributed by atoms with Gasteiger partial charge < -0.3 is 14.4 Å². The quantitative estimate of drug-likeness (QED) is 0.772. The van der Waals surface area contributed by atoms with Crippen LogP contribution in [0.5, 0.6) is 5.88 Å². The fourth-order valence-electron chi connectivity index (χ4n) is 4.18. The number of nitrogens with zero attached hydrogens (tertiary/aromatic N) is 5. The molecule has 1 spiro atoms. The van der Waals surface area contributed by atoms with Gasteiger partial charge in [-0.2, -0.15) is 0 Å². The van der Waals surface area contributed by atoms with Crippen LogP contribution in [0.4, 0.5) is 5.82 Å². The van der Waals surface area contributed by atoms with Gasteiger partial charge in [-0.3, -0.25) is 9.88 Å². The Balaban J connectivity index is 1.32. The molecule has 2 saturated heterocycles.